The first-order valence-corrected chi connectivity index (χ1v) is 9.21. The second-order valence-electron chi connectivity index (χ2n) is 6.28. The van der Waals surface area contributed by atoms with Gasteiger partial charge in [-0.05, 0) is 31.0 Å². The summed E-state index contributed by atoms with van der Waals surface area (Å²) < 4.78 is 5.36. The summed E-state index contributed by atoms with van der Waals surface area (Å²) in [6.07, 6.45) is -0.303. The number of nitrogens with one attached hydrogen (secondary N) is 1. The molecule has 1 aliphatic rings. The molecule has 124 valence electrons. The highest BCUT2D eigenvalue weighted by Crippen LogP contribution is 2.25. The summed E-state index contributed by atoms with van der Waals surface area (Å²) in [5.41, 5.74) is 3.52. The van der Waals surface area contributed by atoms with Gasteiger partial charge >= 0.3 is 0 Å². The molecule has 1 aromatic carbocycles. The van der Waals surface area contributed by atoms with Crippen LogP contribution >= 0.6 is 11.8 Å². The van der Waals surface area contributed by atoms with Gasteiger partial charge in [-0.2, -0.15) is 0 Å². The zero-order valence-electron chi connectivity index (χ0n) is 13.8. The lowest BCUT2D eigenvalue weighted by molar-refractivity contribution is -0.910. The molecular weight excluding hydrogens is 308 g/mol. The molecule has 2 N–H and O–H groups in total. The number of fused-ring (bicyclic) bond motifs is 1. The van der Waals surface area contributed by atoms with Gasteiger partial charge in [0.15, 0.2) is 0 Å². The third-order valence-electron chi connectivity index (χ3n) is 4.37. The number of aliphatic hydroxyl groups excluding tert-OH is 1. The Morgan fingerprint density at radius 2 is 2.04 bits per heavy atom. The number of thioether (sulfide) groups is 1. The zero-order chi connectivity index (χ0) is 16.2. The summed E-state index contributed by atoms with van der Waals surface area (Å²) in [4.78, 5) is 6.21. The van der Waals surface area contributed by atoms with E-state index in [4.69, 9.17) is 9.72 Å². The molecule has 0 amide bonds. The summed E-state index contributed by atoms with van der Waals surface area (Å²) in [5, 5.41) is 12.5. The second kappa shape index (κ2) is 7.62. The van der Waals surface area contributed by atoms with Crippen LogP contribution in [-0.2, 0) is 4.74 Å². The quantitative estimate of drug-likeness (QED) is 0.808. The van der Waals surface area contributed by atoms with Crippen molar-refractivity contribution in [1.82, 2.24) is 4.98 Å². The van der Waals surface area contributed by atoms with E-state index in [1.807, 2.05) is 0 Å². The largest absolute Gasteiger partial charge is 0.386 e. The van der Waals surface area contributed by atoms with Crippen LogP contribution in [0.5, 0.6) is 0 Å². The van der Waals surface area contributed by atoms with E-state index in [2.05, 4.69) is 38.1 Å². The first-order chi connectivity index (χ1) is 11.1. The number of aromatic nitrogens is 1. The smallest absolute Gasteiger partial charge is 0.112 e. The molecule has 23 heavy (non-hydrogen) atoms. The molecule has 1 aromatic heterocycles. The molecule has 0 unspecified atom stereocenters. The van der Waals surface area contributed by atoms with Crippen LogP contribution in [0.25, 0.3) is 10.9 Å². The summed E-state index contributed by atoms with van der Waals surface area (Å²) in [6, 6.07) is 8.42. The Hall–Kier alpha value is -1.14. The number of rotatable bonds is 5. The average molecular weight is 333 g/mol. The first-order valence-electron chi connectivity index (χ1n) is 8.22. The number of ether oxygens (including phenoxy) is 1. The Kier molecular flexibility index (Phi) is 5.54. The molecule has 2 heterocycles. The molecule has 5 heteroatoms. The third-order valence-corrected chi connectivity index (χ3v) is 5.43. The molecule has 0 aliphatic carbocycles. The number of quaternary nitrogens is 1. The number of para-hydroxylation sites is 1. The third kappa shape index (κ3) is 4.23. The van der Waals surface area contributed by atoms with Crippen LogP contribution in [0.2, 0.25) is 0 Å². The van der Waals surface area contributed by atoms with Gasteiger partial charge in [0.1, 0.15) is 25.7 Å². The molecule has 1 saturated heterocycles. The predicted molar refractivity (Wildman–Crippen MR) is 94.3 cm³/mol. The van der Waals surface area contributed by atoms with Crippen molar-refractivity contribution in [2.24, 2.45) is 0 Å². The average Bonchev–Trinajstić information content (AvgIpc) is 2.55. The Morgan fingerprint density at radius 1 is 1.26 bits per heavy atom. The maximum atomic E-state index is 10.3. The summed E-state index contributed by atoms with van der Waals surface area (Å²) >= 11 is 1.65. The van der Waals surface area contributed by atoms with E-state index < -0.39 is 0 Å². The molecule has 0 radical (unpaired) electrons. The van der Waals surface area contributed by atoms with Crippen LogP contribution in [0.15, 0.2) is 29.3 Å². The molecule has 0 spiro atoms. The van der Waals surface area contributed by atoms with E-state index in [0.29, 0.717) is 5.75 Å². The van der Waals surface area contributed by atoms with Gasteiger partial charge in [-0.1, -0.05) is 18.2 Å². The first kappa shape index (κ1) is 16.7. The number of benzene rings is 1. The van der Waals surface area contributed by atoms with Gasteiger partial charge in [-0.15, -0.1) is 11.8 Å². The number of hydrogen-bond acceptors (Lipinski definition) is 4. The van der Waals surface area contributed by atoms with Crippen LogP contribution in [0, 0.1) is 13.8 Å². The number of nitrogens with zero attached hydrogens (tertiary/aromatic N) is 1. The summed E-state index contributed by atoms with van der Waals surface area (Å²) in [5.74, 6) is 0.689. The number of hydrogen-bond donors (Lipinski definition) is 2. The van der Waals surface area contributed by atoms with E-state index in [0.717, 1.165) is 43.4 Å². The van der Waals surface area contributed by atoms with Gasteiger partial charge in [-0.3, -0.25) is 0 Å². The summed E-state index contributed by atoms with van der Waals surface area (Å²) in [6.45, 7) is 8.62. The Balaban J connectivity index is 1.63. The van der Waals surface area contributed by atoms with Gasteiger partial charge in [0, 0.05) is 11.1 Å². The van der Waals surface area contributed by atoms with Crippen molar-refractivity contribution in [3.8, 4) is 0 Å². The summed E-state index contributed by atoms with van der Waals surface area (Å²) in [7, 11) is 0. The molecule has 1 aliphatic heterocycles. The molecule has 0 saturated carbocycles. The van der Waals surface area contributed by atoms with E-state index in [1.165, 1.54) is 21.4 Å². The van der Waals surface area contributed by atoms with Crippen LogP contribution in [0.4, 0.5) is 0 Å². The minimum Gasteiger partial charge on any atom is -0.386 e. The van der Waals surface area contributed by atoms with Crippen LogP contribution < -0.4 is 4.90 Å². The Morgan fingerprint density at radius 3 is 2.83 bits per heavy atom. The molecule has 4 nitrogen and oxygen atoms in total. The number of aliphatic hydroxyl groups is 1. The molecule has 0 bridgehead atoms. The van der Waals surface area contributed by atoms with Gasteiger partial charge in [0.2, 0.25) is 0 Å². The second-order valence-corrected chi connectivity index (χ2v) is 7.32. The zero-order valence-corrected chi connectivity index (χ0v) is 14.7. The molecule has 3 rings (SSSR count). The molecule has 1 fully saturated rings. The van der Waals surface area contributed by atoms with Crippen molar-refractivity contribution < 1.29 is 14.7 Å². The Labute approximate surface area is 141 Å². The molecule has 2 aromatic rings. The van der Waals surface area contributed by atoms with E-state index >= 15 is 0 Å². The van der Waals surface area contributed by atoms with Crippen molar-refractivity contribution in [1.29, 1.82) is 0 Å². The van der Waals surface area contributed by atoms with Crippen molar-refractivity contribution >= 4 is 22.7 Å². The fraction of sp³-hybridized carbons (Fsp3) is 0.500. The SMILES string of the molecule is Cc1cc(SC[C@H](O)C[NH+]2CCOCC2)nc2c(C)cccc12. The van der Waals surface area contributed by atoms with E-state index in [9.17, 15) is 5.11 Å². The van der Waals surface area contributed by atoms with Crippen LogP contribution in [0.3, 0.4) is 0 Å². The lowest BCUT2D eigenvalue weighted by Gasteiger charge is -2.25. The van der Waals surface area contributed by atoms with Gasteiger partial charge in [0.25, 0.3) is 0 Å². The minimum atomic E-state index is -0.303. The number of morpholine rings is 1. The predicted octanol–water partition coefficient (Wildman–Crippen LogP) is 1.22. The highest BCUT2D eigenvalue weighted by atomic mass is 32.2. The number of aryl methyl sites for hydroxylation is 2. The lowest BCUT2D eigenvalue weighted by atomic mass is 10.1. The maximum absolute atomic E-state index is 10.3. The van der Waals surface area contributed by atoms with E-state index in [1.54, 1.807) is 11.8 Å². The van der Waals surface area contributed by atoms with E-state index in [-0.39, 0.29) is 6.10 Å². The van der Waals surface area contributed by atoms with Gasteiger partial charge in [-0.25, -0.2) is 4.98 Å². The molecular formula is C18H25N2O2S+. The van der Waals surface area contributed by atoms with Gasteiger partial charge < -0.3 is 14.7 Å². The van der Waals surface area contributed by atoms with Crippen LogP contribution in [0.1, 0.15) is 11.1 Å². The fourth-order valence-electron chi connectivity index (χ4n) is 3.04. The topological polar surface area (TPSA) is 46.8 Å². The normalized spacial score (nSPS) is 17.5. The standard InChI is InChI=1S/C18H24N2O2S/c1-13-4-3-5-16-14(2)10-17(19-18(13)16)23-12-15(21)11-20-6-8-22-9-7-20/h3-5,10,15,21H,6-9,11-12H2,1-2H3/p+1/t15-/m1/s1. The molecule has 1 atom stereocenters. The highest BCUT2D eigenvalue weighted by Gasteiger charge is 2.18. The van der Waals surface area contributed by atoms with Crippen molar-refractivity contribution in [2.45, 2.75) is 25.0 Å². The lowest BCUT2D eigenvalue weighted by Crippen LogP contribution is -3.15. The van der Waals surface area contributed by atoms with Crippen molar-refractivity contribution in [3.05, 3.63) is 35.4 Å². The van der Waals surface area contributed by atoms with Gasteiger partial charge in [0.05, 0.1) is 23.8 Å². The maximum Gasteiger partial charge on any atom is 0.112 e. The Bertz CT molecular complexity index is 671. The minimum absolute atomic E-state index is 0.303. The fourth-order valence-corrected chi connectivity index (χ4v) is 3.94. The monoisotopic (exact) mass is 333 g/mol. The van der Waals surface area contributed by atoms with Crippen molar-refractivity contribution in [2.75, 3.05) is 38.6 Å². The van der Waals surface area contributed by atoms with Crippen molar-refractivity contribution in [3.63, 3.8) is 0 Å². The van der Waals surface area contributed by atoms with Crippen LogP contribution in [-0.4, -0.2) is 54.8 Å². The highest BCUT2D eigenvalue weighted by molar-refractivity contribution is 7.99. The number of pyridine rings is 1.